The molecular weight excluding hydrogens is 422 g/mol. The highest BCUT2D eigenvalue weighted by Gasteiger charge is 2.20. The van der Waals surface area contributed by atoms with E-state index < -0.39 is 6.10 Å². The van der Waals surface area contributed by atoms with Crippen LogP contribution < -0.4 is 4.74 Å². The van der Waals surface area contributed by atoms with E-state index in [4.69, 9.17) is 4.74 Å². The second-order valence-corrected chi connectivity index (χ2v) is 8.46. The molecule has 1 aromatic carbocycles. The Bertz CT molecular complexity index is 1160. The van der Waals surface area contributed by atoms with Gasteiger partial charge >= 0.3 is 0 Å². The van der Waals surface area contributed by atoms with Crippen molar-refractivity contribution in [2.75, 3.05) is 40.3 Å². The molecule has 1 aliphatic rings. The third-order valence-electron chi connectivity index (χ3n) is 5.94. The van der Waals surface area contributed by atoms with Crippen molar-refractivity contribution in [1.82, 2.24) is 24.6 Å². The van der Waals surface area contributed by atoms with Gasteiger partial charge in [-0.3, -0.25) is 14.3 Å². The van der Waals surface area contributed by atoms with Gasteiger partial charge in [0.1, 0.15) is 18.0 Å². The Labute approximate surface area is 192 Å². The van der Waals surface area contributed by atoms with Crippen molar-refractivity contribution < 1.29 is 19.4 Å². The number of pyridine rings is 1. The maximum absolute atomic E-state index is 12.9. The molecule has 2 aromatic heterocycles. The molecule has 0 aliphatic carbocycles. The molecule has 33 heavy (non-hydrogen) atoms. The summed E-state index contributed by atoms with van der Waals surface area (Å²) >= 11 is 0. The number of rotatable bonds is 7. The van der Waals surface area contributed by atoms with Gasteiger partial charge in [0, 0.05) is 55.8 Å². The van der Waals surface area contributed by atoms with Crippen LogP contribution in [0.15, 0.2) is 36.5 Å². The highest BCUT2D eigenvalue weighted by atomic mass is 16.5. The minimum Gasteiger partial charge on any atom is -0.496 e. The van der Waals surface area contributed by atoms with E-state index in [1.54, 1.807) is 43.0 Å². The van der Waals surface area contributed by atoms with Crippen LogP contribution in [-0.4, -0.2) is 81.7 Å². The molecule has 1 aliphatic heterocycles. The lowest BCUT2D eigenvalue weighted by Crippen LogP contribution is -2.48. The van der Waals surface area contributed by atoms with Crippen molar-refractivity contribution in [2.45, 2.75) is 26.0 Å². The fraction of sp³-hybridized carbons (Fsp3) is 0.417. The lowest BCUT2D eigenvalue weighted by molar-refractivity contribution is -0.133. The van der Waals surface area contributed by atoms with Gasteiger partial charge in [-0.2, -0.15) is 5.10 Å². The Morgan fingerprint density at radius 3 is 2.64 bits per heavy atom. The number of hydrogen-bond acceptors (Lipinski definition) is 7. The number of ketones is 1. The van der Waals surface area contributed by atoms with E-state index in [9.17, 15) is 14.7 Å². The van der Waals surface area contributed by atoms with Crippen molar-refractivity contribution >= 4 is 22.6 Å². The predicted octanol–water partition coefficient (Wildman–Crippen LogP) is 1.69. The summed E-state index contributed by atoms with van der Waals surface area (Å²) in [5, 5.41) is 15.1. The summed E-state index contributed by atoms with van der Waals surface area (Å²) in [5.41, 5.74) is 2.16. The van der Waals surface area contributed by atoms with E-state index in [0.29, 0.717) is 28.2 Å². The Morgan fingerprint density at radius 2 is 1.94 bits per heavy atom. The number of methoxy groups -OCH3 is 1. The number of aliphatic hydroxyl groups is 1. The van der Waals surface area contributed by atoms with Crippen molar-refractivity contribution in [3.05, 3.63) is 53.5 Å². The number of aromatic nitrogens is 3. The monoisotopic (exact) mass is 451 g/mol. The van der Waals surface area contributed by atoms with Crippen LogP contribution in [0.25, 0.3) is 10.9 Å². The Hall–Kier alpha value is -3.30. The van der Waals surface area contributed by atoms with Crippen LogP contribution in [-0.2, 0) is 17.8 Å². The first kappa shape index (κ1) is 22.9. The number of carbonyl (C=O) groups is 2. The first-order chi connectivity index (χ1) is 15.8. The summed E-state index contributed by atoms with van der Waals surface area (Å²) in [5.74, 6) is 0.424. The topological polar surface area (TPSA) is 101 Å². The van der Waals surface area contributed by atoms with Crippen LogP contribution in [0.1, 0.15) is 34.8 Å². The van der Waals surface area contributed by atoms with Gasteiger partial charge in [-0.05, 0) is 32.2 Å². The fourth-order valence-electron chi connectivity index (χ4n) is 3.96. The zero-order valence-corrected chi connectivity index (χ0v) is 19.2. The molecule has 9 nitrogen and oxygen atoms in total. The molecule has 1 saturated heterocycles. The van der Waals surface area contributed by atoms with Gasteiger partial charge < -0.3 is 19.6 Å². The molecule has 1 amide bonds. The average Bonchev–Trinajstić information content (AvgIpc) is 3.19. The molecule has 9 heteroatoms. The summed E-state index contributed by atoms with van der Waals surface area (Å²) in [6.07, 6.45) is 1.17. The van der Waals surface area contributed by atoms with Gasteiger partial charge in [0.05, 0.1) is 24.4 Å². The second kappa shape index (κ2) is 9.68. The number of likely N-dealkylation sites (N-methyl/N-ethyl adjacent to an activating group) is 1. The minimum absolute atomic E-state index is 0.0438. The Balaban J connectivity index is 1.53. The number of aliphatic hydroxyl groups excluding tert-OH is 1. The standard InChI is InChI=1S/C24H29N5O4/c1-16(30)19-5-4-6-20(25-19)22(31)12-17-11-18-14-29(26-21(18)13-23(17)33-3)15-24(32)28-9-7-27(2)8-10-28/h4-6,11,13-14,16,30H,7-10,12,15H2,1-3H3. The van der Waals surface area contributed by atoms with Gasteiger partial charge in [0.15, 0.2) is 5.78 Å². The quantitative estimate of drug-likeness (QED) is 0.546. The third-order valence-corrected chi connectivity index (χ3v) is 5.94. The smallest absolute Gasteiger partial charge is 0.244 e. The van der Waals surface area contributed by atoms with Gasteiger partial charge in [-0.25, -0.2) is 4.98 Å². The lowest BCUT2D eigenvalue weighted by Gasteiger charge is -2.32. The summed E-state index contributed by atoms with van der Waals surface area (Å²) in [6, 6.07) is 8.69. The largest absolute Gasteiger partial charge is 0.496 e. The second-order valence-electron chi connectivity index (χ2n) is 8.46. The van der Waals surface area contributed by atoms with Crippen LogP contribution >= 0.6 is 0 Å². The number of hydrogen-bond donors (Lipinski definition) is 1. The molecule has 174 valence electrons. The molecule has 0 bridgehead atoms. The van der Waals surface area contributed by atoms with Crippen LogP contribution in [0.2, 0.25) is 0 Å². The van der Waals surface area contributed by atoms with E-state index in [0.717, 1.165) is 31.6 Å². The van der Waals surface area contributed by atoms with E-state index in [1.165, 1.54) is 0 Å². The number of amides is 1. The van der Waals surface area contributed by atoms with Gasteiger partial charge in [0.2, 0.25) is 5.91 Å². The number of Topliss-reactive ketones (excluding diaryl/α,β-unsaturated/α-hetero) is 1. The Kier molecular flexibility index (Phi) is 6.71. The maximum Gasteiger partial charge on any atom is 0.244 e. The van der Waals surface area contributed by atoms with Crippen LogP contribution in [0.3, 0.4) is 0 Å². The first-order valence-electron chi connectivity index (χ1n) is 11.0. The molecule has 1 fully saturated rings. The van der Waals surface area contributed by atoms with Crippen LogP contribution in [0, 0.1) is 0 Å². The fourth-order valence-corrected chi connectivity index (χ4v) is 3.96. The van der Waals surface area contributed by atoms with Crippen molar-refractivity contribution in [1.29, 1.82) is 0 Å². The zero-order valence-electron chi connectivity index (χ0n) is 19.2. The van der Waals surface area contributed by atoms with Gasteiger partial charge in [0.25, 0.3) is 0 Å². The lowest BCUT2D eigenvalue weighted by atomic mass is 10.0. The van der Waals surface area contributed by atoms with Gasteiger partial charge in [-0.1, -0.05) is 6.07 Å². The predicted molar refractivity (Wildman–Crippen MR) is 123 cm³/mol. The minimum atomic E-state index is -0.747. The normalized spacial score (nSPS) is 15.6. The van der Waals surface area contributed by atoms with Crippen molar-refractivity contribution in [3.63, 3.8) is 0 Å². The summed E-state index contributed by atoms with van der Waals surface area (Å²) in [4.78, 5) is 33.9. The number of ether oxygens (including phenoxy) is 1. The first-order valence-corrected chi connectivity index (χ1v) is 11.0. The number of piperazine rings is 1. The van der Waals surface area contributed by atoms with E-state index >= 15 is 0 Å². The molecule has 4 rings (SSSR count). The molecule has 3 heterocycles. The van der Waals surface area contributed by atoms with E-state index in [1.807, 2.05) is 17.2 Å². The number of nitrogens with zero attached hydrogens (tertiary/aromatic N) is 5. The molecule has 0 saturated carbocycles. The SMILES string of the molecule is COc1cc2nn(CC(=O)N3CCN(C)CC3)cc2cc1CC(=O)c1cccc(C(C)O)n1. The highest BCUT2D eigenvalue weighted by molar-refractivity contribution is 5.97. The van der Waals surface area contributed by atoms with Crippen LogP contribution in [0.5, 0.6) is 5.75 Å². The highest BCUT2D eigenvalue weighted by Crippen LogP contribution is 2.27. The average molecular weight is 452 g/mol. The molecule has 1 atom stereocenters. The number of carbonyl (C=O) groups excluding carboxylic acids is 2. The number of benzene rings is 1. The van der Waals surface area contributed by atoms with E-state index in [2.05, 4.69) is 22.0 Å². The summed E-state index contributed by atoms with van der Waals surface area (Å²) < 4.78 is 7.15. The third kappa shape index (κ3) is 5.20. The molecule has 0 radical (unpaired) electrons. The maximum atomic E-state index is 12.9. The number of fused-ring (bicyclic) bond motifs is 1. The summed E-state index contributed by atoms with van der Waals surface area (Å²) in [6.45, 7) is 4.97. The Morgan fingerprint density at radius 1 is 1.18 bits per heavy atom. The molecule has 1 unspecified atom stereocenters. The zero-order chi connectivity index (χ0) is 23.5. The summed E-state index contributed by atoms with van der Waals surface area (Å²) in [7, 11) is 3.60. The van der Waals surface area contributed by atoms with Gasteiger partial charge in [-0.15, -0.1) is 0 Å². The van der Waals surface area contributed by atoms with E-state index in [-0.39, 0.29) is 24.7 Å². The van der Waals surface area contributed by atoms with Crippen LogP contribution in [0.4, 0.5) is 0 Å². The molecule has 1 N–H and O–H groups in total. The molecule has 3 aromatic rings. The van der Waals surface area contributed by atoms with Crippen molar-refractivity contribution in [2.24, 2.45) is 0 Å². The molecular formula is C24H29N5O4. The van der Waals surface area contributed by atoms with Crippen molar-refractivity contribution in [3.8, 4) is 5.75 Å². The molecule has 0 spiro atoms.